The lowest BCUT2D eigenvalue weighted by atomic mass is 10.1. The molecule has 6 nitrogen and oxygen atoms in total. The van der Waals surface area contributed by atoms with E-state index in [-0.39, 0.29) is 16.8 Å². The van der Waals surface area contributed by atoms with Crippen LogP contribution in [0.2, 0.25) is 0 Å². The van der Waals surface area contributed by atoms with Gasteiger partial charge in [-0.2, -0.15) is 0 Å². The molecule has 3 rings (SSSR count). The standard InChI is InChI=1S/C25H28N2O4S/c1-18(20-12-16-24(17-13-20)32(29,30)27(3)4)26-25(28)19(2)31-23-14-10-22(11-15-23)21-8-6-5-7-9-21/h5-19H,1-4H3,(H,26,28). The Balaban J connectivity index is 1.59. The van der Waals surface area contributed by atoms with Gasteiger partial charge in [0, 0.05) is 14.1 Å². The molecule has 0 bridgehead atoms. The van der Waals surface area contributed by atoms with Gasteiger partial charge in [-0.3, -0.25) is 4.79 Å². The minimum Gasteiger partial charge on any atom is -0.481 e. The topological polar surface area (TPSA) is 75.7 Å². The Kier molecular flexibility index (Phi) is 7.33. The quantitative estimate of drug-likeness (QED) is 0.554. The Hall–Kier alpha value is -3.16. The van der Waals surface area contributed by atoms with Crippen molar-refractivity contribution in [2.75, 3.05) is 14.1 Å². The van der Waals surface area contributed by atoms with Gasteiger partial charge in [0.1, 0.15) is 5.75 Å². The van der Waals surface area contributed by atoms with Crippen LogP contribution >= 0.6 is 0 Å². The highest BCUT2D eigenvalue weighted by Gasteiger charge is 2.20. The molecular formula is C25H28N2O4S. The minimum absolute atomic E-state index is 0.209. The predicted octanol–water partition coefficient (Wildman–Crippen LogP) is 4.25. The number of nitrogens with zero attached hydrogens (tertiary/aromatic N) is 1. The van der Waals surface area contributed by atoms with Crippen molar-refractivity contribution in [3.8, 4) is 16.9 Å². The van der Waals surface area contributed by atoms with E-state index in [1.807, 2.05) is 61.5 Å². The lowest BCUT2D eigenvalue weighted by Gasteiger charge is -2.19. The first-order valence-electron chi connectivity index (χ1n) is 10.3. The van der Waals surface area contributed by atoms with Crippen molar-refractivity contribution in [2.45, 2.75) is 30.9 Å². The second-order valence-corrected chi connectivity index (χ2v) is 9.89. The molecule has 0 aliphatic carbocycles. The summed E-state index contributed by atoms with van der Waals surface area (Å²) in [7, 11) is -0.508. The minimum atomic E-state index is -3.49. The molecular weight excluding hydrogens is 424 g/mol. The number of hydrogen-bond donors (Lipinski definition) is 1. The van der Waals surface area contributed by atoms with Gasteiger partial charge in [-0.15, -0.1) is 0 Å². The van der Waals surface area contributed by atoms with Crippen LogP contribution in [0.1, 0.15) is 25.5 Å². The molecule has 1 amide bonds. The summed E-state index contributed by atoms with van der Waals surface area (Å²) in [6.45, 7) is 3.54. The van der Waals surface area contributed by atoms with E-state index in [1.165, 1.54) is 18.4 Å². The lowest BCUT2D eigenvalue weighted by Crippen LogP contribution is -2.37. The van der Waals surface area contributed by atoms with E-state index in [2.05, 4.69) is 5.32 Å². The maximum atomic E-state index is 12.6. The third-order valence-electron chi connectivity index (χ3n) is 5.16. The van der Waals surface area contributed by atoms with Gasteiger partial charge in [-0.1, -0.05) is 54.6 Å². The van der Waals surface area contributed by atoms with Crippen molar-refractivity contribution in [1.29, 1.82) is 0 Å². The van der Waals surface area contributed by atoms with Crippen LogP contribution in [0.3, 0.4) is 0 Å². The zero-order chi connectivity index (χ0) is 23.3. The van der Waals surface area contributed by atoms with Crippen LogP contribution in [0.4, 0.5) is 0 Å². The number of sulfonamides is 1. The first kappa shape index (κ1) is 23.5. The van der Waals surface area contributed by atoms with Crippen molar-refractivity contribution >= 4 is 15.9 Å². The normalized spacial score (nSPS) is 13.4. The molecule has 0 saturated heterocycles. The van der Waals surface area contributed by atoms with E-state index in [1.54, 1.807) is 31.2 Å². The van der Waals surface area contributed by atoms with Crippen LogP contribution in [-0.2, 0) is 14.8 Å². The van der Waals surface area contributed by atoms with E-state index in [9.17, 15) is 13.2 Å². The molecule has 0 heterocycles. The summed E-state index contributed by atoms with van der Waals surface area (Å²) in [5, 5.41) is 2.91. The van der Waals surface area contributed by atoms with Gasteiger partial charge in [0.25, 0.3) is 5.91 Å². The number of rotatable bonds is 8. The fourth-order valence-electron chi connectivity index (χ4n) is 3.17. The zero-order valence-corrected chi connectivity index (χ0v) is 19.5. The molecule has 32 heavy (non-hydrogen) atoms. The number of carbonyl (C=O) groups excluding carboxylic acids is 1. The van der Waals surface area contributed by atoms with Crippen molar-refractivity contribution in [2.24, 2.45) is 0 Å². The number of benzene rings is 3. The van der Waals surface area contributed by atoms with Gasteiger partial charge in [-0.05, 0) is 54.8 Å². The number of ether oxygens (including phenoxy) is 1. The Labute approximate surface area is 189 Å². The number of nitrogens with one attached hydrogen (secondary N) is 1. The van der Waals surface area contributed by atoms with Crippen molar-refractivity contribution in [3.05, 3.63) is 84.4 Å². The first-order chi connectivity index (χ1) is 15.2. The molecule has 7 heteroatoms. The molecule has 0 fully saturated rings. The highest BCUT2D eigenvalue weighted by Crippen LogP contribution is 2.23. The van der Waals surface area contributed by atoms with Crippen LogP contribution < -0.4 is 10.1 Å². The average molecular weight is 453 g/mol. The summed E-state index contributed by atoms with van der Waals surface area (Å²) in [6.07, 6.45) is -0.687. The van der Waals surface area contributed by atoms with Gasteiger partial charge < -0.3 is 10.1 Å². The van der Waals surface area contributed by atoms with Crippen molar-refractivity contribution in [3.63, 3.8) is 0 Å². The molecule has 0 saturated carbocycles. The third-order valence-corrected chi connectivity index (χ3v) is 6.99. The molecule has 168 valence electrons. The highest BCUT2D eigenvalue weighted by molar-refractivity contribution is 7.89. The Bertz CT molecular complexity index is 1140. The second kappa shape index (κ2) is 9.97. The maximum Gasteiger partial charge on any atom is 0.261 e. The zero-order valence-electron chi connectivity index (χ0n) is 18.6. The smallest absolute Gasteiger partial charge is 0.261 e. The monoisotopic (exact) mass is 452 g/mol. The summed E-state index contributed by atoms with van der Waals surface area (Å²) < 4.78 is 31.4. The third kappa shape index (κ3) is 5.55. The molecule has 0 spiro atoms. The molecule has 0 aromatic heterocycles. The van der Waals surface area contributed by atoms with Gasteiger partial charge in [0.05, 0.1) is 10.9 Å². The second-order valence-electron chi connectivity index (χ2n) is 7.74. The van der Waals surface area contributed by atoms with Crippen molar-refractivity contribution in [1.82, 2.24) is 9.62 Å². The molecule has 0 aliphatic rings. The summed E-state index contributed by atoms with van der Waals surface area (Å²) in [5.74, 6) is 0.354. The Morgan fingerprint density at radius 1 is 0.844 bits per heavy atom. The summed E-state index contributed by atoms with van der Waals surface area (Å²) >= 11 is 0. The molecule has 2 unspecified atom stereocenters. The number of carbonyl (C=O) groups is 1. The fraction of sp³-hybridized carbons (Fsp3) is 0.240. The van der Waals surface area contributed by atoms with Crippen LogP contribution in [0.5, 0.6) is 5.75 Å². The molecule has 0 radical (unpaired) electrons. The van der Waals surface area contributed by atoms with E-state index < -0.39 is 16.1 Å². The Morgan fingerprint density at radius 2 is 1.41 bits per heavy atom. The lowest BCUT2D eigenvalue weighted by molar-refractivity contribution is -0.127. The number of hydrogen-bond acceptors (Lipinski definition) is 4. The van der Waals surface area contributed by atoms with Gasteiger partial charge in [0.15, 0.2) is 6.10 Å². The summed E-state index contributed by atoms with van der Waals surface area (Å²) in [5.41, 5.74) is 2.99. The highest BCUT2D eigenvalue weighted by atomic mass is 32.2. The molecule has 2 atom stereocenters. The van der Waals surface area contributed by atoms with E-state index in [4.69, 9.17) is 4.74 Å². The van der Waals surface area contributed by atoms with Gasteiger partial charge in [0.2, 0.25) is 10.0 Å². The van der Waals surface area contributed by atoms with Crippen LogP contribution in [0.15, 0.2) is 83.8 Å². The average Bonchev–Trinajstić information content (AvgIpc) is 2.80. The maximum absolute atomic E-state index is 12.6. The van der Waals surface area contributed by atoms with Crippen molar-refractivity contribution < 1.29 is 17.9 Å². The SMILES string of the molecule is CC(Oc1ccc(-c2ccccc2)cc1)C(=O)NC(C)c1ccc(S(=O)(=O)N(C)C)cc1. The summed E-state index contributed by atoms with van der Waals surface area (Å²) in [6, 6.07) is 23.8. The van der Waals surface area contributed by atoms with Gasteiger partial charge >= 0.3 is 0 Å². The number of amides is 1. The molecule has 0 aliphatic heterocycles. The van der Waals surface area contributed by atoms with E-state index >= 15 is 0 Å². The molecule has 1 N–H and O–H groups in total. The summed E-state index contributed by atoms with van der Waals surface area (Å²) in [4.78, 5) is 12.8. The van der Waals surface area contributed by atoms with E-state index in [0.29, 0.717) is 5.75 Å². The molecule has 3 aromatic carbocycles. The van der Waals surface area contributed by atoms with Crippen LogP contribution in [0, 0.1) is 0 Å². The van der Waals surface area contributed by atoms with Crippen LogP contribution in [-0.4, -0.2) is 38.8 Å². The fourth-order valence-corrected chi connectivity index (χ4v) is 4.07. The van der Waals surface area contributed by atoms with Crippen LogP contribution in [0.25, 0.3) is 11.1 Å². The van der Waals surface area contributed by atoms with Gasteiger partial charge in [-0.25, -0.2) is 12.7 Å². The van der Waals surface area contributed by atoms with E-state index in [0.717, 1.165) is 16.7 Å². The Morgan fingerprint density at radius 3 is 1.97 bits per heavy atom. The first-order valence-corrected chi connectivity index (χ1v) is 11.8. The predicted molar refractivity (Wildman–Crippen MR) is 126 cm³/mol. The largest absolute Gasteiger partial charge is 0.481 e. The molecule has 3 aromatic rings.